The maximum Gasteiger partial charge on any atom is 0.300 e. The Hall–Kier alpha value is -3.33. The molecule has 3 heteroatoms. The number of carboxylic acids is 1. The zero-order chi connectivity index (χ0) is 19.6. The third-order valence-electron chi connectivity index (χ3n) is 4.00. The van der Waals surface area contributed by atoms with Crippen molar-refractivity contribution in [2.24, 2.45) is 0 Å². The van der Waals surface area contributed by atoms with Crippen molar-refractivity contribution in [3.8, 4) is 5.75 Å². The first-order valence-corrected chi connectivity index (χ1v) is 8.85. The Bertz CT molecular complexity index is 876. The lowest BCUT2D eigenvalue weighted by molar-refractivity contribution is -0.134. The van der Waals surface area contributed by atoms with Crippen LogP contribution < -0.4 is 0 Å². The summed E-state index contributed by atoms with van der Waals surface area (Å²) in [5.74, 6) is -0.543. The van der Waals surface area contributed by atoms with Crippen LogP contribution in [0.2, 0.25) is 0 Å². The summed E-state index contributed by atoms with van der Waals surface area (Å²) in [4.78, 5) is 9.00. The zero-order valence-corrected chi connectivity index (χ0v) is 15.6. The lowest BCUT2D eigenvalue weighted by Gasteiger charge is -2.16. The van der Waals surface area contributed by atoms with Gasteiger partial charge in [-0.05, 0) is 46.4 Å². The second kappa shape index (κ2) is 9.97. The largest absolute Gasteiger partial charge is 0.508 e. The summed E-state index contributed by atoms with van der Waals surface area (Å²) >= 11 is 0. The average molecular weight is 360 g/mol. The van der Waals surface area contributed by atoms with Crippen LogP contribution in [0.4, 0.5) is 0 Å². The molecule has 0 heterocycles. The second-order valence-corrected chi connectivity index (χ2v) is 6.01. The third kappa shape index (κ3) is 5.86. The molecule has 3 nitrogen and oxygen atoms in total. The normalized spacial score (nSPS) is 11.0. The lowest BCUT2D eigenvalue weighted by Crippen LogP contribution is -1.94. The van der Waals surface area contributed by atoms with E-state index in [1.807, 2.05) is 24.3 Å². The van der Waals surface area contributed by atoms with E-state index < -0.39 is 5.97 Å². The highest BCUT2D eigenvalue weighted by Gasteiger charge is 2.12. The van der Waals surface area contributed by atoms with Gasteiger partial charge in [0.05, 0.1) is 0 Å². The number of aliphatic carboxylic acids is 1. The summed E-state index contributed by atoms with van der Waals surface area (Å²) in [6.07, 6.45) is 0.940. The lowest BCUT2D eigenvalue weighted by atomic mass is 9.88. The molecule has 3 aromatic rings. The third-order valence-corrected chi connectivity index (χ3v) is 4.00. The van der Waals surface area contributed by atoms with Crippen molar-refractivity contribution in [2.75, 3.05) is 0 Å². The summed E-state index contributed by atoms with van der Waals surface area (Å²) in [6, 6.07) is 28.4. The summed E-state index contributed by atoms with van der Waals surface area (Å²) < 4.78 is 0. The minimum absolute atomic E-state index is 0.291. The molecule has 0 saturated carbocycles. The fourth-order valence-corrected chi connectivity index (χ4v) is 2.91. The molecule has 0 radical (unpaired) electrons. The van der Waals surface area contributed by atoms with Crippen molar-refractivity contribution in [1.29, 1.82) is 0 Å². The number of phenols is 1. The number of carboxylic acid groups (broad SMARTS) is 1. The number of benzene rings is 3. The van der Waals surface area contributed by atoms with E-state index in [0.717, 1.165) is 18.9 Å². The quantitative estimate of drug-likeness (QED) is 0.574. The molecule has 138 valence electrons. The van der Waals surface area contributed by atoms with Crippen LogP contribution in [-0.2, 0) is 4.79 Å². The van der Waals surface area contributed by atoms with Gasteiger partial charge in [0.1, 0.15) is 5.75 Å². The van der Waals surface area contributed by atoms with E-state index in [4.69, 9.17) is 9.90 Å². The van der Waals surface area contributed by atoms with Crippen molar-refractivity contribution in [3.05, 3.63) is 102 Å². The second-order valence-electron chi connectivity index (χ2n) is 6.01. The number of aromatic hydroxyl groups is 1. The number of hydrogen-bond acceptors (Lipinski definition) is 2. The number of carbonyl (C=O) groups is 1. The molecule has 0 aliphatic rings. The highest BCUT2D eigenvalue weighted by Crippen LogP contribution is 2.34. The topological polar surface area (TPSA) is 57.5 Å². The minimum Gasteiger partial charge on any atom is -0.508 e. The fourth-order valence-electron chi connectivity index (χ4n) is 2.91. The van der Waals surface area contributed by atoms with E-state index in [0.29, 0.717) is 5.75 Å². The molecule has 0 spiro atoms. The van der Waals surface area contributed by atoms with Gasteiger partial charge in [0.2, 0.25) is 0 Å². The van der Waals surface area contributed by atoms with Crippen LogP contribution in [-0.4, -0.2) is 16.2 Å². The van der Waals surface area contributed by atoms with Crippen LogP contribution in [0.1, 0.15) is 37.0 Å². The predicted octanol–water partition coefficient (Wildman–Crippen LogP) is 5.85. The monoisotopic (exact) mass is 360 g/mol. The van der Waals surface area contributed by atoms with E-state index in [1.165, 1.54) is 22.3 Å². The molecule has 0 amide bonds. The molecule has 0 aliphatic carbocycles. The molecule has 3 aromatic carbocycles. The van der Waals surface area contributed by atoms with Crippen molar-refractivity contribution >= 4 is 17.1 Å². The van der Waals surface area contributed by atoms with E-state index in [1.54, 1.807) is 12.1 Å². The van der Waals surface area contributed by atoms with Crippen LogP contribution in [0.5, 0.6) is 5.75 Å². The molecular formula is C24H24O3. The van der Waals surface area contributed by atoms with E-state index >= 15 is 0 Å². The number of rotatable bonds is 4. The van der Waals surface area contributed by atoms with Crippen LogP contribution >= 0.6 is 0 Å². The summed E-state index contributed by atoms with van der Waals surface area (Å²) in [5.41, 5.74) is 6.08. The molecule has 0 atom stereocenters. The molecule has 0 aliphatic heterocycles. The smallest absolute Gasteiger partial charge is 0.300 e. The highest BCUT2D eigenvalue weighted by molar-refractivity contribution is 5.98. The molecule has 0 aromatic heterocycles. The van der Waals surface area contributed by atoms with Gasteiger partial charge < -0.3 is 10.2 Å². The molecule has 2 N–H and O–H groups in total. The Morgan fingerprint density at radius 3 is 1.59 bits per heavy atom. The fraction of sp³-hybridized carbons (Fsp3) is 0.125. The van der Waals surface area contributed by atoms with Gasteiger partial charge in [0.25, 0.3) is 5.97 Å². The average Bonchev–Trinajstić information content (AvgIpc) is 2.68. The van der Waals surface area contributed by atoms with Crippen molar-refractivity contribution < 1.29 is 15.0 Å². The molecule has 0 bridgehead atoms. The molecule has 0 saturated heterocycles. The Morgan fingerprint density at radius 2 is 1.15 bits per heavy atom. The van der Waals surface area contributed by atoms with Gasteiger partial charge in [-0.25, -0.2) is 0 Å². The van der Waals surface area contributed by atoms with Gasteiger partial charge >= 0.3 is 0 Å². The Labute approximate surface area is 160 Å². The van der Waals surface area contributed by atoms with Crippen molar-refractivity contribution in [1.82, 2.24) is 0 Å². The van der Waals surface area contributed by atoms with E-state index in [2.05, 4.69) is 55.5 Å². The van der Waals surface area contributed by atoms with Gasteiger partial charge in [-0.15, -0.1) is 0 Å². The Balaban J connectivity index is 0.000000596. The predicted molar refractivity (Wildman–Crippen MR) is 111 cm³/mol. The van der Waals surface area contributed by atoms with E-state index in [9.17, 15) is 5.11 Å². The maximum absolute atomic E-state index is 9.61. The molecular weight excluding hydrogens is 336 g/mol. The van der Waals surface area contributed by atoms with Gasteiger partial charge in [-0.3, -0.25) is 4.79 Å². The van der Waals surface area contributed by atoms with Crippen LogP contribution in [0.3, 0.4) is 0 Å². The number of phenolic OH excluding ortho intramolecular Hbond substituents is 1. The van der Waals surface area contributed by atoms with Crippen molar-refractivity contribution in [3.63, 3.8) is 0 Å². The van der Waals surface area contributed by atoms with Gasteiger partial charge in [0, 0.05) is 6.92 Å². The van der Waals surface area contributed by atoms with Crippen LogP contribution in [0.25, 0.3) is 11.1 Å². The Kier molecular flexibility index (Phi) is 7.38. The summed E-state index contributed by atoms with van der Waals surface area (Å²) in [5, 5.41) is 17.0. The molecule has 0 fully saturated rings. The Morgan fingerprint density at radius 1 is 0.741 bits per heavy atom. The van der Waals surface area contributed by atoms with E-state index in [-0.39, 0.29) is 0 Å². The number of hydrogen-bond donors (Lipinski definition) is 2. The summed E-state index contributed by atoms with van der Waals surface area (Å²) in [6.45, 7) is 3.27. The highest BCUT2D eigenvalue weighted by atomic mass is 16.4. The SMILES string of the molecule is CC(=O)O.CC/C(=C(/c1ccccc1)c1ccc(O)cc1)c1ccccc1. The first-order chi connectivity index (χ1) is 13.0. The molecule has 0 unspecified atom stereocenters. The standard InChI is InChI=1S/C22H20O.C2H4O2/c1-2-21(17-9-5-3-6-10-17)22(18-11-7-4-8-12-18)19-13-15-20(23)16-14-19;1-2(3)4/h3-16,23H,2H2,1H3;1H3,(H,3,4)/b22-21+;. The van der Waals surface area contributed by atoms with Gasteiger partial charge in [-0.2, -0.15) is 0 Å². The molecule has 27 heavy (non-hydrogen) atoms. The van der Waals surface area contributed by atoms with Crippen LogP contribution in [0.15, 0.2) is 84.9 Å². The van der Waals surface area contributed by atoms with Crippen LogP contribution in [0, 0.1) is 0 Å². The maximum atomic E-state index is 9.61. The molecule has 3 rings (SSSR count). The number of allylic oxidation sites excluding steroid dienone is 1. The first-order valence-electron chi connectivity index (χ1n) is 8.85. The van der Waals surface area contributed by atoms with Gasteiger partial charge in [0.15, 0.2) is 0 Å². The first kappa shape index (κ1) is 20.0. The summed E-state index contributed by atoms with van der Waals surface area (Å²) in [7, 11) is 0. The van der Waals surface area contributed by atoms with Gasteiger partial charge in [-0.1, -0.05) is 79.7 Å². The minimum atomic E-state index is -0.833. The zero-order valence-electron chi connectivity index (χ0n) is 15.6. The van der Waals surface area contributed by atoms with Crippen molar-refractivity contribution in [2.45, 2.75) is 20.3 Å².